The summed E-state index contributed by atoms with van der Waals surface area (Å²) < 4.78 is 12.9. The molecule has 0 radical (unpaired) electrons. The summed E-state index contributed by atoms with van der Waals surface area (Å²) >= 11 is 0. The quantitative estimate of drug-likeness (QED) is 0.485. The molecule has 0 atom stereocenters. The van der Waals surface area contributed by atoms with E-state index in [9.17, 15) is 4.39 Å². The summed E-state index contributed by atoms with van der Waals surface area (Å²) in [5.41, 5.74) is 8.01. The molecule has 0 saturated heterocycles. The number of nitrogens with two attached hydrogens (primary N) is 1. The molecule has 2 rings (SSSR count). The molecule has 1 aliphatic rings. The molecule has 0 heterocycles. The maximum absolute atomic E-state index is 12.9. The van der Waals surface area contributed by atoms with Gasteiger partial charge in [-0.05, 0) is 37.5 Å². The van der Waals surface area contributed by atoms with E-state index in [0.29, 0.717) is 19.0 Å². The standard InChI is InChI=1S/C15H20FN3/c1-11(2)9-18-14(17)19-10-15(7-8-15)12-3-5-13(16)6-4-12/h3-6H,1,7-10H2,2H3,(H3,17,18,19). The van der Waals surface area contributed by atoms with Crippen LogP contribution in [0.2, 0.25) is 0 Å². The van der Waals surface area contributed by atoms with Crippen molar-refractivity contribution in [1.82, 2.24) is 5.32 Å². The van der Waals surface area contributed by atoms with Gasteiger partial charge in [-0.2, -0.15) is 0 Å². The minimum atomic E-state index is -0.203. The topological polar surface area (TPSA) is 50.4 Å². The zero-order valence-electron chi connectivity index (χ0n) is 11.2. The van der Waals surface area contributed by atoms with Crippen molar-refractivity contribution in [3.63, 3.8) is 0 Å². The van der Waals surface area contributed by atoms with Crippen LogP contribution in [0.3, 0.4) is 0 Å². The van der Waals surface area contributed by atoms with Crippen LogP contribution in [0.25, 0.3) is 0 Å². The van der Waals surface area contributed by atoms with E-state index in [-0.39, 0.29) is 11.2 Å². The minimum Gasteiger partial charge on any atom is -0.370 e. The van der Waals surface area contributed by atoms with Gasteiger partial charge in [0.1, 0.15) is 5.82 Å². The van der Waals surface area contributed by atoms with Gasteiger partial charge in [0.2, 0.25) is 0 Å². The van der Waals surface area contributed by atoms with Gasteiger partial charge in [0, 0.05) is 12.0 Å². The average Bonchev–Trinajstić information content (AvgIpc) is 3.16. The number of aliphatic imine (C=N–C) groups is 1. The second-order valence-corrected chi connectivity index (χ2v) is 5.30. The van der Waals surface area contributed by atoms with Crippen LogP contribution in [0.1, 0.15) is 25.3 Å². The molecule has 0 amide bonds. The zero-order chi connectivity index (χ0) is 13.9. The summed E-state index contributed by atoms with van der Waals surface area (Å²) in [6, 6.07) is 6.69. The van der Waals surface area contributed by atoms with Gasteiger partial charge in [-0.15, -0.1) is 0 Å². The highest BCUT2D eigenvalue weighted by Gasteiger charge is 2.44. The van der Waals surface area contributed by atoms with E-state index in [0.717, 1.165) is 24.0 Å². The Morgan fingerprint density at radius 2 is 2.05 bits per heavy atom. The monoisotopic (exact) mass is 261 g/mol. The predicted molar refractivity (Wildman–Crippen MR) is 76.6 cm³/mol. The van der Waals surface area contributed by atoms with Crippen LogP contribution < -0.4 is 11.1 Å². The number of benzene rings is 1. The van der Waals surface area contributed by atoms with Crippen molar-refractivity contribution in [2.45, 2.75) is 25.2 Å². The average molecular weight is 261 g/mol. The predicted octanol–water partition coefficient (Wildman–Crippen LogP) is 2.34. The van der Waals surface area contributed by atoms with E-state index in [1.54, 1.807) is 0 Å². The lowest BCUT2D eigenvalue weighted by molar-refractivity contribution is 0.623. The van der Waals surface area contributed by atoms with Crippen LogP contribution in [0.5, 0.6) is 0 Å². The van der Waals surface area contributed by atoms with E-state index in [2.05, 4.69) is 16.9 Å². The summed E-state index contributed by atoms with van der Waals surface area (Å²) in [7, 11) is 0. The van der Waals surface area contributed by atoms with Crippen LogP contribution in [0, 0.1) is 5.82 Å². The Kier molecular flexibility index (Phi) is 3.88. The van der Waals surface area contributed by atoms with Crippen molar-refractivity contribution in [3.05, 3.63) is 47.8 Å². The largest absolute Gasteiger partial charge is 0.370 e. The number of rotatable bonds is 5. The molecule has 1 aromatic carbocycles. The van der Waals surface area contributed by atoms with Gasteiger partial charge >= 0.3 is 0 Å². The van der Waals surface area contributed by atoms with Gasteiger partial charge in [-0.25, -0.2) is 4.39 Å². The third-order valence-electron chi connectivity index (χ3n) is 3.43. The summed E-state index contributed by atoms with van der Waals surface area (Å²) in [5, 5.41) is 3.01. The summed E-state index contributed by atoms with van der Waals surface area (Å²) in [5.74, 6) is 0.238. The van der Waals surface area contributed by atoms with Crippen molar-refractivity contribution in [2.24, 2.45) is 10.7 Å². The molecule has 0 aromatic heterocycles. The third-order valence-corrected chi connectivity index (χ3v) is 3.43. The first-order valence-electron chi connectivity index (χ1n) is 6.46. The van der Waals surface area contributed by atoms with E-state index in [1.165, 1.54) is 12.1 Å². The second kappa shape index (κ2) is 5.43. The van der Waals surface area contributed by atoms with Gasteiger partial charge in [0.25, 0.3) is 0 Å². The van der Waals surface area contributed by atoms with Gasteiger partial charge < -0.3 is 11.1 Å². The lowest BCUT2D eigenvalue weighted by Crippen LogP contribution is -2.33. The normalized spacial score (nSPS) is 17.1. The molecule has 0 spiro atoms. The molecule has 102 valence electrons. The summed E-state index contributed by atoms with van der Waals surface area (Å²) in [4.78, 5) is 4.38. The Morgan fingerprint density at radius 1 is 1.42 bits per heavy atom. The van der Waals surface area contributed by atoms with Crippen LogP contribution >= 0.6 is 0 Å². The van der Waals surface area contributed by atoms with Crippen LogP contribution in [-0.2, 0) is 5.41 Å². The molecule has 0 unspecified atom stereocenters. The van der Waals surface area contributed by atoms with Crippen LogP contribution in [0.4, 0.5) is 4.39 Å². The van der Waals surface area contributed by atoms with Crippen molar-refractivity contribution in [2.75, 3.05) is 13.1 Å². The highest BCUT2D eigenvalue weighted by molar-refractivity contribution is 5.78. The fourth-order valence-electron chi connectivity index (χ4n) is 2.03. The SMILES string of the molecule is C=C(C)CNC(N)=NCC1(c2ccc(F)cc2)CC1. The van der Waals surface area contributed by atoms with E-state index >= 15 is 0 Å². The summed E-state index contributed by atoms with van der Waals surface area (Å²) in [6.45, 7) is 7.01. The fourth-order valence-corrected chi connectivity index (χ4v) is 2.03. The Morgan fingerprint density at radius 3 is 2.58 bits per heavy atom. The van der Waals surface area contributed by atoms with Gasteiger partial charge in [-0.3, -0.25) is 4.99 Å². The molecular formula is C15H20FN3. The lowest BCUT2D eigenvalue weighted by atomic mass is 9.96. The van der Waals surface area contributed by atoms with Gasteiger partial charge in [0.15, 0.2) is 5.96 Å². The molecule has 1 saturated carbocycles. The molecule has 1 aliphatic carbocycles. The number of hydrogen-bond acceptors (Lipinski definition) is 1. The molecule has 3 N–H and O–H groups in total. The first kappa shape index (κ1) is 13.6. The molecular weight excluding hydrogens is 241 g/mol. The van der Waals surface area contributed by atoms with Crippen molar-refractivity contribution in [1.29, 1.82) is 0 Å². The second-order valence-electron chi connectivity index (χ2n) is 5.30. The molecule has 1 aromatic rings. The fraction of sp³-hybridized carbons (Fsp3) is 0.400. The highest BCUT2D eigenvalue weighted by Crippen LogP contribution is 2.48. The molecule has 19 heavy (non-hydrogen) atoms. The molecule has 1 fully saturated rings. The van der Waals surface area contributed by atoms with Gasteiger partial charge in [0.05, 0.1) is 6.54 Å². The Bertz CT molecular complexity index is 487. The molecule has 0 aliphatic heterocycles. The van der Waals surface area contributed by atoms with E-state index < -0.39 is 0 Å². The maximum atomic E-state index is 12.9. The van der Waals surface area contributed by atoms with Crippen LogP contribution in [-0.4, -0.2) is 19.0 Å². The number of guanidine groups is 1. The molecule has 4 heteroatoms. The number of hydrogen-bond donors (Lipinski definition) is 2. The lowest BCUT2D eigenvalue weighted by Gasteiger charge is -2.13. The van der Waals surface area contributed by atoms with E-state index in [4.69, 9.17) is 5.73 Å². The number of halogens is 1. The van der Waals surface area contributed by atoms with Crippen molar-refractivity contribution < 1.29 is 4.39 Å². The Labute approximate surface area is 113 Å². The van der Waals surface area contributed by atoms with Gasteiger partial charge in [-0.1, -0.05) is 24.3 Å². The third kappa shape index (κ3) is 3.56. The molecule has 0 bridgehead atoms. The summed E-state index contributed by atoms with van der Waals surface area (Å²) in [6.07, 6.45) is 2.16. The molecule has 3 nitrogen and oxygen atoms in total. The first-order valence-corrected chi connectivity index (χ1v) is 6.46. The van der Waals surface area contributed by atoms with Crippen molar-refractivity contribution >= 4 is 5.96 Å². The smallest absolute Gasteiger partial charge is 0.188 e. The minimum absolute atomic E-state index is 0.0588. The van der Waals surface area contributed by atoms with Crippen LogP contribution in [0.15, 0.2) is 41.4 Å². The first-order chi connectivity index (χ1) is 9.02. The van der Waals surface area contributed by atoms with Crippen molar-refractivity contribution in [3.8, 4) is 0 Å². The number of nitrogens with one attached hydrogen (secondary N) is 1. The highest BCUT2D eigenvalue weighted by atomic mass is 19.1. The maximum Gasteiger partial charge on any atom is 0.188 e. The van der Waals surface area contributed by atoms with E-state index in [1.807, 2.05) is 19.1 Å². The number of nitrogens with zero attached hydrogens (tertiary/aromatic N) is 1. The Hall–Kier alpha value is -1.84. The Balaban J connectivity index is 1.96. The zero-order valence-corrected chi connectivity index (χ0v) is 11.2.